The zero-order valence-electron chi connectivity index (χ0n) is 11.4. The molecule has 0 heterocycles. The maximum Gasteiger partial charge on any atom is 0.270 e. The molecule has 0 aromatic heterocycles. The van der Waals surface area contributed by atoms with Crippen LogP contribution in [0.2, 0.25) is 5.02 Å². The van der Waals surface area contributed by atoms with E-state index in [-0.39, 0.29) is 18.9 Å². The van der Waals surface area contributed by atoms with Crippen LogP contribution in [0.25, 0.3) is 0 Å². The summed E-state index contributed by atoms with van der Waals surface area (Å²) in [6.07, 6.45) is 0. The summed E-state index contributed by atoms with van der Waals surface area (Å²) in [6, 6.07) is 9.74. The molecule has 0 saturated carbocycles. The number of rotatable bonds is 5. The zero-order valence-corrected chi connectivity index (χ0v) is 12.1. The fourth-order valence-corrected chi connectivity index (χ4v) is 2.16. The van der Waals surface area contributed by atoms with Gasteiger partial charge >= 0.3 is 0 Å². The van der Waals surface area contributed by atoms with Gasteiger partial charge in [0.05, 0.1) is 11.5 Å². The monoisotopic (exact) mass is 307 g/mol. The van der Waals surface area contributed by atoms with Crippen molar-refractivity contribution < 1.29 is 14.8 Å². The van der Waals surface area contributed by atoms with Crippen molar-refractivity contribution in [3.8, 4) is 5.75 Å². The van der Waals surface area contributed by atoms with E-state index in [1.165, 1.54) is 18.2 Å². The molecule has 0 aliphatic heterocycles. The largest absolute Gasteiger partial charge is 0.488 e. The number of aliphatic hydroxyl groups is 1. The average Bonchev–Trinajstić information content (AvgIpc) is 2.46. The molecule has 0 aliphatic rings. The van der Waals surface area contributed by atoms with Crippen LogP contribution < -0.4 is 4.74 Å². The van der Waals surface area contributed by atoms with Crippen LogP contribution in [0.3, 0.4) is 0 Å². The molecule has 0 saturated heterocycles. The summed E-state index contributed by atoms with van der Waals surface area (Å²) >= 11 is 6.12. The summed E-state index contributed by atoms with van der Waals surface area (Å²) in [7, 11) is 0. The van der Waals surface area contributed by atoms with Crippen molar-refractivity contribution in [2.75, 3.05) is 0 Å². The number of hydrogen-bond donors (Lipinski definition) is 1. The van der Waals surface area contributed by atoms with Gasteiger partial charge in [-0.2, -0.15) is 0 Å². The van der Waals surface area contributed by atoms with Gasteiger partial charge in [-0.3, -0.25) is 10.1 Å². The predicted molar refractivity (Wildman–Crippen MR) is 79.5 cm³/mol. The van der Waals surface area contributed by atoms with Crippen LogP contribution >= 0.6 is 11.6 Å². The highest BCUT2D eigenvalue weighted by Gasteiger charge is 2.12. The zero-order chi connectivity index (χ0) is 15.4. The highest BCUT2D eigenvalue weighted by molar-refractivity contribution is 6.31. The molecule has 0 fully saturated rings. The van der Waals surface area contributed by atoms with Gasteiger partial charge in [-0.05, 0) is 24.6 Å². The second kappa shape index (κ2) is 6.56. The average molecular weight is 308 g/mol. The van der Waals surface area contributed by atoms with E-state index >= 15 is 0 Å². The van der Waals surface area contributed by atoms with Gasteiger partial charge in [-0.25, -0.2) is 0 Å². The molecule has 2 aromatic rings. The number of nitro benzene ring substituents is 1. The van der Waals surface area contributed by atoms with Gasteiger partial charge in [0.25, 0.3) is 5.69 Å². The molecule has 0 unspecified atom stereocenters. The molecule has 0 radical (unpaired) electrons. The first kappa shape index (κ1) is 15.3. The predicted octanol–water partition coefficient (Wildman–Crippen LogP) is 3.63. The molecule has 0 bridgehead atoms. The summed E-state index contributed by atoms with van der Waals surface area (Å²) in [5, 5.41) is 20.6. The van der Waals surface area contributed by atoms with Crippen molar-refractivity contribution in [3.05, 3.63) is 68.2 Å². The minimum Gasteiger partial charge on any atom is -0.488 e. The third-order valence-corrected chi connectivity index (χ3v) is 3.37. The van der Waals surface area contributed by atoms with Crippen molar-refractivity contribution in [3.63, 3.8) is 0 Å². The van der Waals surface area contributed by atoms with Crippen molar-refractivity contribution >= 4 is 17.3 Å². The number of benzene rings is 2. The van der Waals surface area contributed by atoms with Gasteiger partial charge in [0.15, 0.2) is 0 Å². The second-order valence-electron chi connectivity index (χ2n) is 4.59. The number of ether oxygens (including phenoxy) is 1. The van der Waals surface area contributed by atoms with Crippen LogP contribution in [-0.4, -0.2) is 10.0 Å². The third-order valence-electron chi connectivity index (χ3n) is 3.02. The van der Waals surface area contributed by atoms with E-state index in [4.69, 9.17) is 16.3 Å². The van der Waals surface area contributed by atoms with E-state index in [1.54, 1.807) is 0 Å². The first-order valence-corrected chi connectivity index (χ1v) is 6.65. The minimum atomic E-state index is -0.514. The molecule has 110 valence electrons. The smallest absolute Gasteiger partial charge is 0.270 e. The number of non-ortho nitro benzene ring substituents is 1. The van der Waals surface area contributed by atoms with Crippen LogP contribution in [-0.2, 0) is 13.2 Å². The van der Waals surface area contributed by atoms with Crippen LogP contribution in [0, 0.1) is 17.0 Å². The number of nitrogens with zero attached hydrogens (tertiary/aromatic N) is 1. The summed E-state index contributed by atoms with van der Waals surface area (Å²) in [5.41, 5.74) is 2.15. The van der Waals surface area contributed by atoms with Gasteiger partial charge in [-0.1, -0.05) is 23.7 Å². The number of nitro groups is 1. The molecule has 21 heavy (non-hydrogen) atoms. The van der Waals surface area contributed by atoms with Crippen LogP contribution in [0.1, 0.15) is 16.7 Å². The first-order valence-electron chi connectivity index (χ1n) is 6.27. The normalized spacial score (nSPS) is 10.4. The number of aryl methyl sites for hydroxylation is 1. The Hall–Kier alpha value is -2.11. The Morgan fingerprint density at radius 3 is 2.62 bits per heavy atom. The topological polar surface area (TPSA) is 72.6 Å². The molecule has 0 amide bonds. The summed E-state index contributed by atoms with van der Waals surface area (Å²) < 4.78 is 5.60. The van der Waals surface area contributed by atoms with Crippen LogP contribution in [0.15, 0.2) is 36.4 Å². The van der Waals surface area contributed by atoms with Crippen molar-refractivity contribution in [1.82, 2.24) is 0 Å². The van der Waals surface area contributed by atoms with Crippen molar-refractivity contribution in [1.29, 1.82) is 0 Å². The van der Waals surface area contributed by atoms with Gasteiger partial charge in [-0.15, -0.1) is 0 Å². The van der Waals surface area contributed by atoms with E-state index in [1.807, 2.05) is 25.1 Å². The van der Waals surface area contributed by atoms with Gasteiger partial charge < -0.3 is 9.84 Å². The lowest BCUT2D eigenvalue weighted by Gasteiger charge is -2.11. The van der Waals surface area contributed by atoms with Gasteiger partial charge in [0, 0.05) is 28.3 Å². The Morgan fingerprint density at radius 1 is 1.24 bits per heavy atom. The van der Waals surface area contributed by atoms with E-state index in [9.17, 15) is 15.2 Å². The molecule has 0 aliphatic carbocycles. The van der Waals surface area contributed by atoms with Crippen LogP contribution in [0.5, 0.6) is 5.75 Å². The van der Waals surface area contributed by atoms with Gasteiger partial charge in [0.1, 0.15) is 12.4 Å². The molecule has 1 N–H and O–H groups in total. The lowest BCUT2D eigenvalue weighted by molar-refractivity contribution is -0.385. The third kappa shape index (κ3) is 3.71. The molecule has 5 nitrogen and oxygen atoms in total. The molecule has 2 aromatic carbocycles. The Kier molecular flexibility index (Phi) is 4.77. The molecule has 6 heteroatoms. The number of halogens is 1. The summed E-state index contributed by atoms with van der Waals surface area (Å²) in [4.78, 5) is 10.2. The molecule has 0 spiro atoms. The van der Waals surface area contributed by atoms with Crippen molar-refractivity contribution in [2.24, 2.45) is 0 Å². The molecule has 2 rings (SSSR count). The lowest BCUT2D eigenvalue weighted by Crippen LogP contribution is -2.00. The fraction of sp³-hybridized carbons (Fsp3) is 0.200. The Morgan fingerprint density at radius 2 is 2.00 bits per heavy atom. The highest BCUT2D eigenvalue weighted by Crippen LogP contribution is 2.26. The fourth-order valence-electron chi connectivity index (χ4n) is 1.87. The van der Waals surface area contributed by atoms with E-state index in [0.29, 0.717) is 16.3 Å². The standard InChI is InChI=1S/C15H14ClNO4/c1-10-2-3-11(14(16)6-10)9-21-15-5-4-13(17(19)20)7-12(15)8-18/h2-7,18H,8-9H2,1H3. The Balaban J connectivity index is 2.17. The summed E-state index contributed by atoms with van der Waals surface area (Å²) in [5.74, 6) is 0.403. The SMILES string of the molecule is Cc1ccc(COc2ccc([N+](=O)[O-])cc2CO)c(Cl)c1. The first-order chi connectivity index (χ1) is 10.0. The molecule has 0 atom stereocenters. The lowest BCUT2D eigenvalue weighted by atomic mass is 10.1. The van der Waals surface area contributed by atoms with Gasteiger partial charge in [0.2, 0.25) is 0 Å². The van der Waals surface area contributed by atoms with E-state index < -0.39 is 4.92 Å². The van der Waals surface area contributed by atoms with Crippen LogP contribution in [0.4, 0.5) is 5.69 Å². The number of aliphatic hydroxyl groups excluding tert-OH is 1. The molecular weight excluding hydrogens is 294 g/mol. The highest BCUT2D eigenvalue weighted by atomic mass is 35.5. The van der Waals surface area contributed by atoms with Crippen molar-refractivity contribution in [2.45, 2.75) is 20.1 Å². The quantitative estimate of drug-likeness (QED) is 0.676. The maximum atomic E-state index is 10.7. The second-order valence-corrected chi connectivity index (χ2v) is 5.00. The summed E-state index contributed by atoms with van der Waals surface area (Å²) in [6.45, 7) is 1.83. The Labute approximate surface area is 126 Å². The maximum absolute atomic E-state index is 10.7. The molecular formula is C15H14ClNO4. The van der Waals surface area contributed by atoms with E-state index in [0.717, 1.165) is 11.1 Å². The minimum absolute atomic E-state index is 0.0835. The number of hydrogen-bond acceptors (Lipinski definition) is 4. The van der Waals surface area contributed by atoms with E-state index in [2.05, 4.69) is 0 Å². The Bertz CT molecular complexity index is 673.